The number of benzene rings is 2. The van der Waals surface area contributed by atoms with E-state index < -0.39 is 6.04 Å². The molecule has 4 N–H and O–H groups in total. The van der Waals surface area contributed by atoms with E-state index in [9.17, 15) is 9.59 Å². The zero-order chi connectivity index (χ0) is 27.2. The first kappa shape index (κ1) is 28.1. The van der Waals surface area contributed by atoms with Gasteiger partial charge in [0.05, 0.1) is 0 Å². The Hall–Kier alpha value is -2.45. The lowest BCUT2D eigenvalue weighted by atomic mass is 9.83. The molecule has 0 aromatic heterocycles. The summed E-state index contributed by atoms with van der Waals surface area (Å²) in [5, 5.41) is 7.18. The first-order valence-electron chi connectivity index (χ1n) is 14.6. The van der Waals surface area contributed by atoms with Crippen molar-refractivity contribution < 1.29 is 9.59 Å². The fraction of sp³-hybridized carbons (Fsp3) is 0.548. The van der Waals surface area contributed by atoms with Crippen LogP contribution in [0.4, 0.5) is 0 Å². The summed E-state index contributed by atoms with van der Waals surface area (Å²) in [6.45, 7) is 4.41. The maximum atomic E-state index is 13.8. The maximum Gasteiger partial charge on any atom is 0.245 e. The van der Waals surface area contributed by atoms with Gasteiger partial charge in [0.15, 0.2) is 0 Å². The number of nitrogens with two attached hydrogens (primary N) is 1. The van der Waals surface area contributed by atoms with Crippen LogP contribution in [0.25, 0.3) is 0 Å². The van der Waals surface area contributed by atoms with E-state index in [0.29, 0.717) is 49.5 Å². The predicted octanol–water partition coefficient (Wildman–Crippen LogP) is 3.65. The second-order valence-corrected chi connectivity index (χ2v) is 11.8. The van der Waals surface area contributed by atoms with Gasteiger partial charge in [-0.3, -0.25) is 14.5 Å². The largest absolute Gasteiger partial charge is 0.344 e. The van der Waals surface area contributed by atoms with Crippen LogP contribution in [0.1, 0.15) is 61.3 Å². The number of rotatable bonds is 9. The molecule has 2 fully saturated rings. The van der Waals surface area contributed by atoms with Crippen LogP contribution in [0.2, 0.25) is 5.02 Å². The SMILES string of the molecule is NCC(C1CCCCC1)N1CCN(C(=O)[C@@H](Cc2ccc(Cl)cc2)NC(=O)CC2NCc3ccccc32)CC1. The van der Waals surface area contributed by atoms with Crippen LogP contribution in [0, 0.1) is 5.92 Å². The van der Waals surface area contributed by atoms with Crippen molar-refractivity contribution in [3.8, 4) is 0 Å². The van der Waals surface area contributed by atoms with Gasteiger partial charge in [-0.25, -0.2) is 0 Å². The summed E-state index contributed by atoms with van der Waals surface area (Å²) in [6.07, 6.45) is 7.19. The van der Waals surface area contributed by atoms with Gasteiger partial charge in [-0.15, -0.1) is 0 Å². The van der Waals surface area contributed by atoms with Crippen molar-refractivity contribution in [1.29, 1.82) is 0 Å². The average molecular weight is 552 g/mol. The van der Waals surface area contributed by atoms with Crippen molar-refractivity contribution in [3.05, 3.63) is 70.2 Å². The van der Waals surface area contributed by atoms with E-state index in [1.54, 1.807) is 0 Å². The molecule has 1 aliphatic carbocycles. The molecule has 0 radical (unpaired) electrons. The summed E-state index contributed by atoms with van der Waals surface area (Å²) in [4.78, 5) is 31.5. The topological polar surface area (TPSA) is 90.7 Å². The van der Waals surface area contributed by atoms with Crippen molar-refractivity contribution in [3.63, 3.8) is 0 Å². The van der Waals surface area contributed by atoms with Gasteiger partial charge >= 0.3 is 0 Å². The molecule has 39 heavy (non-hydrogen) atoms. The van der Waals surface area contributed by atoms with Crippen molar-refractivity contribution >= 4 is 23.4 Å². The standard InChI is InChI=1S/C31H42ClN5O2/c32-25-12-10-22(11-13-25)18-28(35-30(38)19-27-26-9-5-4-8-24(26)21-34-27)31(39)37-16-14-36(15-17-37)29(20-33)23-6-2-1-3-7-23/h4-5,8-13,23,27-29,34H,1-3,6-7,14-21,33H2,(H,35,38)/t27?,28-,29?/m1/s1. The molecule has 2 heterocycles. The molecule has 210 valence electrons. The number of piperazine rings is 1. The van der Waals surface area contributed by atoms with E-state index in [4.69, 9.17) is 17.3 Å². The fourth-order valence-electron chi connectivity index (χ4n) is 6.71. The number of carbonyl (C=O) groups excluding carboxylic acids is 2. The van der Waals surface area contributed by atoms with E-state index >= 15 is 0 Å². The number of hydrogen-bond acceptors (Lipinski definition) is 5. The Morgan fingerprint density at radius 3 is 2.44 bits per heavy atom. The Kier molecular flexibility index (Phi) is 9.56. The Morgan fingerprint density at radius 2 is 1.72 bits per heavy atom. The van der Waals surface area contributed by atoms with Crippen LogP contribution < -0.4 is 16.4 Å². The van der Waals surface area contributed by atoms with Crippen molar-refractivity contribution in [1.82, 2.24) is 20.4 Å². The van der Waals surface area contributed by atoms with Gasteiger partial charge in [-0.05, 0) is 47.6 Å². The van der Waals surface area contributed by atoms with Gasteiger partial charge < -0.3 is 21.3 Å². The zero-order valence-corrected chi connectivity index (χ0v) is 23.5. The number of amides is 2. The highest BCUT2D eigenvalue weighted by Crippen LogP contribution is 2.30. The first-order valence-corrected chi connectivity index (χ1v) is 15.0. The fourth-order valence-corrected chi connectivity index (χ4v) is 6.83. The van der Waals surface area contributed by atoms with Crippen LogP contribution in [0.15, 0.2) is 48.5 Å². The number of carbonyl (C=O) groups is 2. The van der Waals surface area contributed by atoms with Gasteiger partial charge in [0.25, 0.3) is 0 Å². The van der Waals surface area contributed by atoms with E-state index in [-0.39, 0.29) is 17.9 Å². The average Bonchev–Trinajstić information content (AvgIpc) is 3.37. The minimum atomic E-state index is -0.620. The number of hydrogen-bond donors (Lipinski definition) is 3. The summed E-state index contributed by atoms with van der Waals surface area (Å²) in [6, 6.07) is 15.5. The highest BCUT2D eigenvalue weighted by molar-refractivity contribution is 6.30. The number of fused-ring (bicyclic) bond motifs is 1. The van der Waals surface area contributed by atoms with E-state index in [1.807, 2.05) is 41.3 Å². The third-order valence-corrected chi connectivity index (χ3v) is 9.13. The van der Waals surface area contributed by atoms with Gasteiger partial charge in [0.1, 0.15) is 6.04 Å². The summed E-state index contributed by atoms with van der Waals surface area (Å²) >= 11 is 6.09. The molecule has 3 aliphatic rings. The Balaban J connectivity index is 1.23. The van der Waals surface area contributed by atoms with Crippen LogP contribution in [-0.2, 0) is 22.6 Å². The van der Waals surface area contributed by atoms with Crippen LogP contribution in [0.3, 0.4) is 0 Å². The molecule has 2 amide bonds. The Morgan fingerprint density at radius 1 is 1.00 bits per heavy atom. The lowest BCUT2D eigenvalue weighted by Gasteiger charge is -2.43. The predicted molar refractivity (Wildman–Crippen MR) is 155 cm³/mol. The smallest absolute Gasteiger partial charge is 0.245 e. The highest BCUT2D eigenvalue weighted by Gasteiger charge is 2.34. The minimum Gasteiger partial charge on any atom is -0.344 e. The molecule has 2 aliphatic heterocycles. The second-order valence-electron chi connectivity index (χ2n) is 11.3. The monoisotopic (exact) mass is 551 g/mol. The highest BCUT2D eigenvalue weighted by atomic mass is 35.5. The molecule has 0 bridgehead atoms. The van der Waals surface area contributed by atoms with Crippen molar-refractivity contribution in [2.45, 2.75) is 69.6 Å². The zero-order valence-electron chi connectivity index (χ0n) is 22.8. The van der Waals surface area contributed by atoms with Gasteiger partial charge in [-0.2, -0.15) is 0 Å². The molecule has 0 spiro atoms. The molecule has 8 heteroatoms. The van der Waals surface area contributed by atoms with E-state index in [1.165, 1.54) is 37.7 Å². The number of nitrogens with zero attached hydrogens (tertiary/aromatic N) is 2. The molecule has 1 saturated carbocycles. The summed E-state index contributed by atoms with van der Waals surface area (Å²) in [5.41, 5.74) is 9.61. The molecule has 2 unspecified atom stereocenters. The lowest BCUT2D eigenvalue weighted by Crippen LogP contribution is -2.59. The molecule has 5 rings (SSSR count). The summed E-state index contributed by atoms with van der Waals surface area (Å²) < 4.78 is 0. The molecule has 3 atom stereocenters. The van der Waals surface area contributed by atoms with Crippen LogP contribution in [-0.4, -0.2) is 66.4 Å². The minimum absolute atomic E-state index is 0.0142. The first-order chi connectivity index (χ1) is 19.0. The van der Waals surface area contributed by atoms with Crippen molar-refractivity contribution in [2.75, 3.05) is 32.7 Å². The number of nitrogens with one attached hydrogen (secondary N) is 2. The Labute approximate surface area is 237 Å². The van der Waals surface area contributed by atoms with E-state index in [0.717, 1.165) is 30.8 Å². The summed E-state index contributed by atoms with van der Waals surface area (Å²) in [7, 11) is 0. The summed E-state index contributed by atoms with van der Waals surface area (Å²) in [5.74, 6) is 0.535. The molecule has 2 aromatic carbocycles. The molecule has 7 nitrogen and oxygen atoms in total. The Bertz CT molecular complexity index is 1110. The second kappa shape index (κ2) is 13.3. The van der Waals surface area contributed by atoms with Gasteiger partial charge in [-0.1, -0.05) is 67.3 Å². The maximum absolute atomic E-state index is 13.8. The van der Waals surface area contributed by atoms with Gasteiger partial charge in [0.2, 0.25) is 11.8 Å². The van der Waals surface area contributed by atoms with Crippen LogP contribution >= 0.6 is 11.6 Å². The van der Waals surface area contributed by atoms with Gasteiger partial charge in [0, 0.05) is 69.2 Å². The van der Waals surface area contributed by atoms with E-state index in [2.05, 4.69) is 27.7 Å². The lowest BCUT2D eigenvalue weighted by molar-refractivity contribution is -0.138. The molecular formula is C31H42ClN5O2. The third kappa shape index (κ3) is 7.01. The normalized spacial score (nSPS) is 21.8. The third-order valence-electron chi connectivity index (χ3n) is 8.88. The van der Waals surface area contributed by atoms with Crippen LogP contribution in [0.5, 0.6) is 0 Å². The quantitative estimate of drug-likeness (QED) is 0.442. The van der Waals surface area contributed by atoms with Crippen molar-refractivity contribution in [2.24, 2.45) is 11.7 Å². The molecular weight excluding hydrogens is 510 g/mol. The molecule has 2 aromatic rings. The number of halogens is 1. The molecule has 1 saturated heterocycles.